The van der Waals surface area contributed by atoms with E-state index in [1.807, 2.05) is 60.7 Å². The summed E-state index contributed by atoms with van der Waals surface area (Å²) in [5.41, 5.74) is 4.76. The predicted octanol–water partition coefficient (Wildman–Crippen LogP) is 5.42. The zero-order valence-corrected chi connectivity index (χ0v) is 17.6. The molecule has 148 valence electrons. The molecule has 0 amide bonds. The number of methoxy groups -OCH3 is 1. The maximum atomic E-state index is 9.15. The molecule has 4 rings (SSSR count). The van der Waals surface area contributed by atoms with Crippen LogP contribution in [0.2, 0.25) is 0 Å². The minimum absolute atomic E-state index is 0.656. The van der Waals surface area contributed by atoms with Gasteiger partial charge >= 0.3 is 0 Å². The number of aryl methyl sites for hydroxylation is 1. The zero-order chi connectivity index (χ0) is 20.9. The average Bonchev–Trinajstić information content (AvgIpc) is 3.21. The van der Waals surface area contributed by atoms with Crippen molar-refractivity contribution in [2.45, 2.75) is 17.8 Å². The molecule has 0 aliphatic rings. The summed E-state index contributed by atoms with van der Waals surface area (Å²) in [6.45, 7) is 2.08. The first-order chi connectivity index (χ1) is 14.7. The van der Waals surface area contributed by atoms with Gasteiger partial charge in [0.2, 0.25) is 0 Å². The molecule has 1 heterocycles. The number of benzene rings is 3. The van der Waals surface area contributed by atoms with E-state index in [0.717, 1.165) is 39.1 Å². The zero-order valence-electron chi connectivity index (χ0n) is 16.7. The number of hydrogen-bond acceptors (Lipinski definition) is 5. The van der Waals surface area contributed by atoms with Gasteiger partial charge in [-0.1, -0.05) is 54.2 Å². The molecule has 0 atom stereocenters. The third-order valence-corrected chi connectivity index (χ3v) is 5.76. The van der Waals surface area contributed by atoms with Crippen LogP contribution in [0.15, 0.2) is 78.0 Å². The fraction of sp³-hybridized carbons (Fsp3) is 0.125. The molecule has 30 heavy (non-hydrogen) atoms. The molecule has 0 unspecified atom stereocenters. The molecule has 0 aliphatic carbocycles. The summed E-state index contributed by atoms with van der Waals surface area (Å²) in [6, 6.07) is 25.8. The number of hydrogen-bond donors (Lipinski definition) is 0. The molecule has 0 aliphatic heterocycles. The Labute approximate surface area is 180 Å². The highest BCUT2D eigenvalue weighted by molar-refractivity contribution is 7.98. The smallest absolute Gasteiger partial charge is 0.196 e. The van der Waals surface area contributed by atoms with E-state index >= 15 is 0 Å². The first-order valence-electron chi connectivity index (χ1n) is 9.48. The summed E-state index contributed by atoms with van der Waals surface area (Å²) in [6.07, 6.45) is 0. The Bertz CT molecular complexity index is 1230. The molecule has 0 spiro atoms. The second-order valence-corrected chi connectivity index (χ2v) is 7.67. The van der Waals surface area contributed by atoms with Gasteiger partial charge in [-0.3, -0.25) is 4.57 Å². The minimum Gasteiger partial charge on any atom is -0.496 e. The Kier molecular flexibility index (Phi) is 5.82. The summed E-state index contributed by atoms with van der Waals surface area (Å²) in [7, 11) is 1.66. The standard InChI is InChI=1S/C24H20N4OS/c1-17-8-3-5-12-21(17)28-23(20-11-4-6-13-22(20)29-2)26-27-24(28)30-16-19-10-7-9-18(14-19)15-25/h3-14H,16H2,1-2H3. The van der Waals surface area contributed by atoms with Crippen molar-refractivity contribution in [3.05, 3.63) is 89.5 Å². The van der Waals surface area contributed by atoms with Crippen LogP contribution < -0.4 is 4.74 Å². The molecule has 4 aromatic rings. The molecule has 0 N–H and O–H groups in total. The Morgan fingerprint density at radius 1 is 1.00 bits per heavy atom. The fourth-order valence-electron chi connectivity index (χ4n) is 3.28. The van der Waals surface area contributed by atoms with Gasteiger partial charge in [0.25, 0.3) is 0 Å². The van der Waals surface area contributed by atoms with Crippen molar-refractivity contribution < 1.29 is 4.74 Å². The lowest BCUT2D eigenvalue weighted by Crippen LogP contribution is -2.02. The Balaban J connectivity index is 1.79. The summed E-state index contributed by atoms with van der Waals surface area (Å²) < 4.78 is 7.64. The monoisotopic (exact) mass is 412 g/mol. The van der Waals surface area contributed by atoms with Crippen molar-refractivity contribution in [2.75, 3.05) is 7.11 Å². The number of thioether (sulfide) groups is 1. The number of nitrogens with zero attached hydrogens (tertiary/aromatic N) is 4. The molecule has 0 saturated carbocycles. The fourth-order valence-corrected chi connectivity index (χ4v) is 4.17. The second kappa shape index (κ2) is 8.85. The van der Waals surface area contributed by atoms with E-state index in [2.05, 4.69) is 39.9 Å². The lowest BCUT2D eigenvalue weighted by atomic mass is 10.1. The van der Waals surface area contributed by atoms with Gasteiger partial charge < -0.3 is 4.74 Å². The lowest BCUT2D eigenvalue weighted by Gasteiger charge is -2.14. The van der Waals surface area contributed by atoms with Crippen LogP contribution in [0.5, 0.6) is 5.75 Å². The van der Waals surface area contributed by atoms with Crippen molar-refractivity contribution in [2.24, 2.45) is 0 Å². The largest absolute Gasteiger partial charge is 0.496 e. The van der Waals surface area contributed by atoms with Crippen LogP contribution in [0, 0.1) is 18.3 Å². The Hall–Kier alpha value is -3.56. The van der Waals surface area contributed by atoms with E-state index in [9.17, 15) is 0 Å². The molecular formula is C24H20N4OS. The van der Waals surface area contributed by atoms with Gasteiger partial charge in [-0.25, -0.2) is 0 Å². The van der Waals surface area contributed by atoms with Gasteiger partial charge in [0, 0.05) is 5.75 Å². The third kappa shape index (κ3) is 3.93. The Morgan fingerprint density at radius 2 is 1.80 bits per heavy atom. The number of para-hydroxylation sites is 2. The predicted molar refractivity (Wildman–Crippen MR) is 119 cm³/mol. The molecule has 0 saturated heterocycles. The van der Waals surface area contributed by atoms with E-state index in [-0.39, 0.29) is 0 Å². The van der Waals surface area contributed by atoms with Crippen molar-refractivity contribution >= 4 is 11.8 Å². The highest BCUT2D eigenvalue weighted by Gasteiger charge is 2.20. The molecule has 0 bridgehead atoms. The lowest BCUT2D eigenvalue weighted by molar-refractivity contribution is 0.416. The first kappa shape index (κ1) is 19.7. The molecule has 3 aromatic carbocycles. The maximum absolute atomic E-state index is 9.15. The summed E-state index contributed by atoms with van der Waals surface area (Å²) in [5, 5.41) is 19.0. The van der Waals surface area contributed by atoms with E-state index in [1.54, 1.807) is 18.9 Å². The topological polar surface area (TPSA) is 63.7 Å². The number of aromatic nitrogens is 3. The number of rotatable bonds is 6. The highest BCUT2D eigenvalue weighted by atomic mass is 32.2. The van der Waals surface area contributed by atoms with E-state index in [1.165, 1.54) is 0 Å². The van der Waals surface area contributed by atoms with Crippen LogP contribution in [-0.2, 0) is 5.75 Å². The van der Waals surface area contributed by atoms with Gasteiger partial charge in [-0.15, -0.1) is 10.2 Å². The molecule has 1 aromatic heterocycles. The molecule has 5 nitrogen and oxygen atoms in total. The average molecular weight is 413 g/mol. The van der Waals surface area contributed by atoms with E-state index in [0.29, 0.717) is 11.3 Å². The van der Waals surface area contributed by atoms with E-state index < -0.39 is 0 Å². The van der Waals surface area contributed by atoms with Crippen molar-refractivity contribution in [3.63, 3.8) is 0 Å². The number of ether oxygens (including phenoxy) is 1. The normalized spacial score (nSPS) is 10.6. The molecule has 0 fully saturated rings. The van der Waals surface area contributed by atoms with Crippen LogP contribution in [0.4, 0.5) is 0 Å². The highest BCUT2D eigenvalue weighted by Crippen LogP contribution is 2.34. The van der Waals surface area contributed by atoms with Crippen LogP contribution in [-0.4, -0.2) is 21.9 Å². The van der Waals surface area contributed by atoms with Crippen molar-refractivity contribution in [1.82, 2.24) is 14.8 Å². The van der Waals surface area contributed by atoms with Crippen LogP contribution >= 0.6 is 11.8 Å². The minimum atomic E-state index is 0.656. The van der Waals surface area contributed by atoms with Gasteiger partial charge in [-0.05, 0) is 48.4 Å². The van der Waals surface area contributed by atoms with Crippen LogP contribution in [0.25, 0.3) is 17.1 Å². The molecule has 6 heteroatoms. The maximum Gasteiger partial charge on any atom is 0.196 e. The molecule has 0 radical (unpaired) electrons. The SMILES string of the molecule is COc1ccccc1-c1nnc(SCc2cccc(C#N)c2)n1-c1ccccc1C. The van der Waals surface area contributed by atoms with Gasteiger partial charge in [0.1, 0.15) is 5.75 Å². The van der Waals surface area contributed by atoms with Crippen LogP contribution in [0.3, 0.4) is 0 Å². The first-order valence-corrected chi connectivity index (χ1v) is 10.5. The summed E-state index contributed by atoms with van der Waals surface area (Å²) in [4.78, 5) is 0. The third-order valence-electron chi connectivity index (χ3n) is 4.76. The second-order valence-electron chi connectivity index (χ2n) is 6.73. The van der Waals surface area contributed by atoms with Crippen LogP contribution in [0.1, 0.15) is 16.7 Å². The van der Waals surface area contributed by atoms with Gasteiger partial charge in [0.15, 0.2) is 11.0 Å². The van der Waals surface area contributed by atoms with Crippen molar-refractivity contribution in [3.8, 4) is 28.9 Å². The summed E-state index contributed by atoms with van der Waals surface area (Å²) in [5.74, 6) is 2.17. The quantitative estimate of drug-likeness (QED) is 0.396. The van der Waals surface area contributed by atoms with Gasteiger partial charge in [-0.2, -0.15) is 5.26 Å². The summed E-state index contributed by atoms with van der Waals surface area (Å²) >= 11 is 1.59. The van der Waals surface area contributed by atoms with Crippen molar-refractivity contribution in [1.29, 1.82) is 5.26 Å². The van der Waals surface area contributed by atoms with E-state index in [4.69, 9.17) is 10.00 Å². The van der Waals surface area contributed by atoms with Gasteiger partial charge in [0.05, 0.1) is 30.0 Å². The molecular weight excluding hydrogens is 392 g/mol. The number of nitriles is 1. The Morgan fingerprint density at radius 3 is 2.60 bits per heavy atom.